The number of hydrogen-bond acceptors (Lipinski definition) is 2. The van der Waals surface area contributed by atoms with Crippen LogP contribution in [0.4, 0.5) is 0 Å². The molecule has 0 aliphatic carbocycles. The van der Waals surface area contributed by atoms with Gasteiger partial charge in [-0.15, -0.1) is 0 Å². The minimum atomic E-state index is 0.199. The molecular formula is C17H28O2. The first kappa shape index (κ1) is 15.9. The van der Waals surface area contributed by atoms with E-state index in [1.807, 2.05) is 19.1 Å². The van der Waals surface area contributed by atoms with Crippen LogP contribution >= 0.6 is 0 Å². The van der Waals surface area contributed by atoms with E-state index in [1.165, 1.54) is 5.56 Å². The van der Waals surface area contributed by atoms with Gasteiger partial charge in [0.2, 0.25) is 0 Å². The molecule has 19 heavy (non-hydrogen) atoms. The summed E-state index contributed by atoms with van der Waals surface area (Å²) in [5.74, 6) is 1.93. The van der Waals surface area contributed by atoms with E-state index in [0.29, 0.717) is 24.2 Å². The maximum atomic E-state index is 9.81. The Labute approximate surface area is 117 Å². The van der Waals surface area contributed by atoms with E-state index in [2.05, 4.69) is 34.6 Å². The van der Waals surface area contributed by atoms with Gasteiger partial charge in [0.05, 0.1) is 6.61 Å². The Kier molecular flexibility index (Phi) is 5.28. The monoisotopic (exact) mass is 264 g/mol. The molecule has 1 rings (SSSR count). The van der Waals surface area contributed by atoms with Gasteiger partial charge in [-0.05, 0) is 48.3 Å². The van der Waals surface area contributed by atoms with Crippen molar-refractivity contribution in [2.24, 2.45) is 11.3 Å². The maximum Gasteiger partial charge on any atom is 0.161 e. The smallest absolute Gasteiger partial charge is 0.161 e. The molecule has 0 radical (unpaired) electrons. The molecule has 0 aliphatic heterocycles. The normalized spacial score (nSPS) is 13.6. The first-order valence-electron chi connectivity index (χ1n) is 7.21. The van der Waals surface area contributed by atoms with Crippen LogP contribution in [0.2, 0.25) is 0 Å². The summed E-state index contributed by atoms with van der Waals surface area (Å²) in [6, 6.07) is 5.77. The Morgan fingerprint density at radius 3 is 2.32 bits per heavy atom. The van der Waals surface area contributed by atoms with Gasteiger partial charge in [-0.1, -0.05) is 40.7 Å². The van der Waals surface area contributed by atoms with Crippen LogP contribution in [-0.4, -0.2) is 11.7 Å². The number of aromatic hydroxyl groups is 1. The Morgan fingerprint density at radius 1 is 1.21 bits per heavy atom. The van der Waals surface area contributed by atoms with Crippen molar-refractivity contribution in [3.63, 3.8) is 0 Å². The van der Waals surface area contributed by atoms with E-state index in [9.17, 15) is 5.11 Å². The first-order valence-corrected chi connectivity index (χ1v) is 7.21. The number of ether oxygens (including phenoxy) is 1. The van der Waals surface area contributed by atoms with Crippen molar-refractivity contribution in [1.82, 2.24) is 0 Å². The lowest BCUT2D eigenvalue weighted by atomic mass is 9.72. The van der Waals surface area contributed by atoms with Crippen LogP contribution in [0.15, 0.2) is 18.2 Å². The zero-order valence-electron chi connectivity index (χ0n) is 13.2. The summed E-state index contributed by atoms with van der Waals surface area (Å²) in [6.07, 6.45) is 1.14. The van der Waals surface area contributed by atoms with Gasteiger partial charge in [0, 0.05) is 0 Å². The van der Waals surface area contributed by atoms with Crippen LogP contribution in [0.3, 0.4) is 0 Å². The molecule has 0 bridgehead atoms. The summed E-state index contributed by atoms with van der Waals surface area (Å²) >= 11 is 0. The fourth-order valence-electron chi connectivity index (χ4n) is 2.48. The highest BCUT2D eigenvalue weighted by Gasteiger charge is 2.27. The molecule has 2 nitrogen and oxygen atoms in total. The van der Waals surface area contributed by atoms with Crippen molar-refractivity contribution in [3.05, 3.63) is 23.8 Å². The van der Waals surface area contributed by atoms with Crippen LogP contribution < -0.4 is 4.74 Å². The van der Waals surface area contributed by atoms with Gasteiger partial charge in [0.1, 0.15) is 0 Å². The average Bonchev–Trinajstić information content (AvgIpc) is 2.28. The van der Waals surface area contributed by atoms with E-state index >= 15 is 0 Å². The van der Waals surface area contributed by atoms with Crippen LogP contribution in [0.1, 0.15) is 59.4 Å². The van der Waals surface area contributed by atoms with Crippen molar-refractivity contribution in [2.75, 3.05) is 6.61 Å². The van der Waals surface area contributed by atoms with E-state index in [-0.39, 0.29) is 11.2 Å². The second-order valence-corrected chi connectivity index (χ2v) is 6.71. The number of benzene rings is 1. The molecule has 0 aliphatic rings. The number of hydrogen-bond donors (Lipinski definition) is 1. The highest BCUT2D eigenvalue weighted by molar-refractivity contribution is 5.43. The highest BCUT2D eigenvalue weighted by atomic mass is 16.5. The molecule has 108 valence electrons. The average molecular weight is 264 g/mol. The van der Waals surface area contributed by atoms with Gasteiger partial charge in [-0.25, -0.2) is 0 Å². The minimum absolute atomic E-state index is 0.199. The number of phenols is 1. The van der Waals surface area contributed by atoms with Gasteiger partial charge >= 0.3 is 0 Å². The molecule has 1 aromatic carbocycles. The van der Waals surface area contributed by atoms with Gasteiger partial charge in [0.25, 0.3) is 0 Å². The Balaban J connectivity index is 3.12. The quantitative estimate of drug-likeness (QED) is 0.814. The molecule has 0 aromatic heterocycles. The second kappa shape index (κ2) is 6.31. The summed E-state index contributed by atoms with van der Waals surface area (Å²) in [7, 11) is 0. The van der Waals surface area contributed by atoms with E-state index in [1.54, 1.807) is 6.07 Å². The minimum Gasteiger partial charge on any atom is -0.504 e. The zero-order valence-corrected chi connectivity index (χ0v) is 13.2. The summed E-state index contributed by atoms with van der Waals surface area (Å²) in [4.78, 5) is 0. The molecule has 0 fully saturated rings. The molecule has 0 saturated carbocycles. The van der Waals surface area contributed by atoms with Crippen molar-refractivity contribution in [3.8, 4) is 11.5 Å². The zero-order chi connectivity index (χ0) is 14.6. The molecule has 0 heterocycles. The van der Waals surface area contributed by atoms with Gasteiger partial charge in [-0.3, -0.25) is 0 Å². The van der Waals surface area contributed by atoms with Crippen LogP contribution in [0.25, 0.3) is 0 Å². The van der Waals surface area contributed by atoms with Crippen molar-refractivity contribution in [2.45, 2.75) is 53.9 Å². The Morgan fingerprint density at radius 2 is 1.84 bits per heavy atom. The van der Waals surface area contributed by atoms with Crippen LogP contribution in [0, 0.1) is 11.3 Å². The topological polar surface area (TPSA) is 29.5 Å². The molecule has 1 N–H and O–H groups in total. The summed E-state index contributed by atoms with van der Waals surface area (Å²) in [6.45, 7) is 13.8. The molecule has 2 heteroatoms. The largest absolute Gasteiger partial charge is 0.504 e. The summed E-state index contributed by atoms with van der Waals surface area (Å²) < 4.78 is 5.50. The molecule has 0 spiro atoms. The van der Waals surface area contributed by atoms with Gasteiger partial charge in [-0.2, -0.15) is 0 Å². The fraction of sp³-hybridized carbons (Fsp3) is 0.647. The Bertz CT molecular complexity index is 402. The third-order valence-corrected chi connectivity index (χ3v) is 3.44. The number of rotatable bonds is 5. The van der Waals surface area contributed by atoms with Gasteiger partial charge < -0.3 is 9.84 Å². The standard InChI is InChI=1S/C17H28O2/c1-7-19-16-11-13(8-9-15(16)18)14(10-12(2)3)17(4,5)6/h8-9,11-12,14,18H,7,10H2,1-6H3. The van der Waals surface area contributed by atoms with E-state index in [4.69, 9.17) is 4.74 Å². The van der Waals surface area contributed by atoms with Crippen molar-refractivity contribution in [1.29, 1.82) is 0 Å². The molecule has 1 unspecified atom stereocenters. The fourth-order valence-corrected chi connectivity index (χ4v) is 2.48. The SMILES string of the molecule is CCOc1cc(C(CC(C)C)C(C)(C)C)ccc1O. The predicted octanol–water partition coefficient (Wildman–Crippen LogP) is 4.97. The molecule has 0 saturated heterocycles. The second-order valence-electron chi connectivity index (χ2n) is 6.71. The third-order valence-electron chi connectivity index (χ3n) is 3.44. The Hall–Kier alpha value is -1.18. The highest BCUT2D eigenvalue weighted by Crippen LogP contribution is 2.42. The first-order chi connectivity index (χ1) is 8.75. The van der Waals surface area contributed by atoms with Gasteiger partial charge in [0.15, 0.2) is 11.5 Å². The lowest BCUT2D eigenvalue weighted by Gasteiger charge is -2.33. The predicted molar refractivity (Wildman–Crippen MR) is 80.9 cm³/mol. The maximum absolute atomic E-state index is 9.81. The molecule has 1 atom stereocenters. The van der Waals surface area contributed by atoms with Crippen molar-refractivity contribution < 1.29 is 9.84 Å². The van der Waals surface area contributed by atoms with Crippen LogP contribution in [0.5, 0.6) is 11.5 Å². The summed E-state index contributed by atoms with van der Waals surface area (Å²) in [5, 5.41) is 9.81. The lowest BCUT2D eigenvalue weighted by molar-refractivity contribution is 0.277. The van der Waals surface area contributed by atoms with Crippen LogP contribution in [-0.2, 0) is 0 Å². The van der Waals surface area contributed by atoms with Crippen molar-refractivity contribution >= 4 is 0 Å². The van der Waals surface area contributed by atoms with E-state index in [0.717, 1.165) is 6.42 Å². The van der Waals surface area contributed by atoms with E-state index < -0.39 is 0 Å². The lowest BCUT2D eigenvalue weighted by Crippen LogP contribution is -2.20. The number of phenolic OH excluding ortho intramolecular Hbond substituents is 1. The third kappa shape index (κ3) is 4.45. The molecular weight excluding hydrogens is 236 g/mol. The summed E-state index contributed by atoms with van der Waals surface area (Å²) in [5.41, 5.74) is 1.45. The molecule has 1 aromatic rings. The molecule has 0 amide bonds.